The highest BCUT2D eigenvalue weighted by Gasteiger charge is 2.18. The maximum Gasteiger partial charge on any atom is 0.338 e. The normalized spacial score (nSPS) is 11.6. The number of benzene rings is 2. The first-order chi connectivity index (χ1) is 16.4. The molecule has 0 saturated heterocycles. The van der Waals surface area contributed by atoms with Crippen molar-refractivity contribution in [3.05, 3.63) is 76.4 Å². The number of fused-ring (bicyclic) bond motifs is 1. The van der Waals surface area contributed by atoms with Crippen LogP contribution in [-0.4, -0.2) is 45.9 Å². The zero-order valence-corrected chi connectivity index (χ0v) is 19.7. The number of aromatic nitrogens is 3. The van der Waals surface area contributed by atoms with Crippen molar-refractivity contribution in [2.24, 2.45) is 4.99 Å². The number of esters is 2. The minimum Gasteiger partial charge on any atom is -0.468 e. The molecule has 0 spiro atoms. The van der Waals surface area contributed by atoms with Gasteiger partial charge < -0.3 is 14.0 Å². The molecule has 9 nitrogen and oxygen atoms in total. The highest BCUT2D eigenvalue weighted by molar-refractivity contribution is 7.16. The summed E-state index contributed by atoms with van der Waals surface area (Å²) in [5.74, 6) is -1.43. The van der Waals surface area contributed by atoms with E-state index in [9.17, 15) is 14.4 Å². The van der Waals surface area contributed by atoms with Gasteiger partial charge in [-0.1, -0.05) is 29.5 Å². The molecule has 10 heteroatoms. The predicted octanol–water partition coefficient (Wildman–Crippen LogP) is 3.29. The van der Waals surface area contributed by atoms with Crippen LogP contribution in [0.1, 0.15) is 33.3 Å². The second-order valence-corrected chi connectivity index (χ2v) is 8.27. The van der Waals surface area contributed by atoms with Gasteiger partial charge in [0.05, 0.1) is 52.6 Å². The molecule has 0 radical (unpaired) electrons. The van der Waals surface area contributed by atoms with Crippen LogP contribution in [0.2, 0.25) is 0 Å². The van der Waals surface area contributed by atoms with Gasteiger partial charge >= 0.3 is 11.9 Å². The summed E-state index contributed by atoms with van der Waals surface area (Å²) in [7, 11) is 1.29. The third-order valence-electron chi connectivity index (χ3n) is 5.15. The third-order valence-corrected chi connectivity index (χ3v) is 6.19. The number of hydrogen-bond donors (Lipinski definition) is 0. The lowest BCUT2D eigenvalue weighted by Gasteiger charge is -2.05. The van der Waals surface area contributed by atoms with Gasteiger partial charge in [0.1, 0.15) is 6.54 Å². The number of carbonyl (C=O) groups is 3. The molecule has 0 aliphatic rings. The number of carbonyl (C=O) groups excluding carboxylic acids is 3. The predicted molar refractivity (Wildman–Crippen MR) is 126 cm³/mol. The van der Waals surface area contributed by atoms with Gasteiger partial charge in [-0.2, -0.15) is 10.1 Å². The molecule has 2 heterocycles. The van der Waals surface area contributed by atoms with Crippen molar-refractivity contribution in [1.82, 2.24) is 14.3 Å². The largest absolute Gasteiger partial charge is 0.468 e. The van der Waals surface area contributed by atoms with Gasteiger partial charge in [-0.05, 0) is 44.2 Å². The van der Waals surface area contributed by atoms with Crippen LogP contribution < -0.4 is 4.80 Å². The molecule has 0 unspecified atom stereocenters. The van der Waals surface area contributed by atoms with Crippen LogP contribution in [0.25, 0.3) is 15.9 Å². The smallest absolute Gasteiger partial charge is 0.338 e. The van der Waals surface area contributed by atoms with E-state index in [1.54, 1.807) is 41.3 Å². The van der Waals surface area contributed by atoms with E-state index in [-0.39, 0.29) is 13.2 Å². The van der Waals surface area contributed by atoms with Crippen molar-refractivity contribution in [3.8, 4) is 5.69 Å². The summed E-state index contributed by atoms with van der Waals surface area (Å²) < 4.78 is 13.8. The Morgan fingerprint density at radius 3 is 2.59 bits per heavy atom. The highest BCUT2D eigenvalue weighted by Crippen LogP contribution is 2.21. The van der Waals surface area contributed by atoms with Crippen molar-refractivity contribution in [2.75, 3.05) is 13.7 Å². The molecule has 2 aromatic carbocycles. The van der Waals surface area contributed by atoms with Crippen LogP contribution in [-0.2, 0) is 20.8 Å². The maximum absolute atomic E-state index is 13.1. The van der Waals surface area contributed by atoms with E-state index in [2.05, 4.69) is 10.1 Å². The van der Waals surface area contributed by atoms with Crippen LogP contribution in [0.15, 0.2) is 59.7 Å². The van der Waals surface area contributed by atoms with Crippen LogP contribution in [0.3, 0.4) is 0 Å². The molecule has 4 rings (SSSR count). The van der Waals surface area contributed by atoms with Crippen molar-refractivity contribution in [1.29, 1.82) is 0 Å². The van der Waals surface area contributed by atoms with E-state index < -0.39 is 17.8 Å². The Balaban J connectivity index is 1.79. The van der Waals surface area contributed by atoms with E-state index in [1.807, 2.05) is 30.3 Å². The number of ether oxygens (including phenoxy) is 2. The second-order valence-electron chi connectivity index (χ2n) is 7.26. The number of rotatable bonds is 6. The summed E-state index contributed by atoms with van der Waals surface area (Å²) >= 11 is 1.19. The summed E-state index contributed by atoms with van der Waals surface area (Å²) in [5.41, 5.74) is 2.84. The molecule has 0 atom stereocenters. The quantitative estimate of drug-likeness (QED) is 0.394. The molecular weight excluding hydrogens is 456 g/mol. The number of nitrogens with zero attached hydrogens (tertiary/aromatic N) is 4. The summed E-state index contributed by atoms with van der Waals surface area (Å²) in [5, 5.41) is 4.33. The van der Waals surface area contributed by atoms with E-state index >= 15 is 0 Å². The van der Waals surface area contributed by atoms with E-state index in [0.29, 0.717) is 31.8 Å². The molecule has 34 heavy (non-hydrogen) atoms. The fourth-order valence-corrected chi connectivity index (χ4v) is 4.51. The van der Waals surface area contributed by atoms with E-state index in [0.717, 1.165) is 5.69 Å². The van der Waals surface area contributed by atoms with E-state index in [1.165, 1.54) is 24.6 Å². The standard InChI is InChI=1S/C24H22N4O5S/c1-4-33-23(31)16-10-11-19-20(12-16)34-24(27(19)14-21(29)32-3)26-22(30)18-13-25-28(15(18)2)17-8-6-5-7-9-17/h5-13H,4,14H2,1-3H3. The third kappa shape index (κ3) is 4.53. The molecular formula is C24H22N4O5S. The lowest BCUT2D eigenvalue weighted by atomic mass is 10.2. The molecule has 4 aromatic rings. The topological polar surface area (TPSA) is 105 Å². The molecule has 1 amide bonds. The Morgan fingerprint density at radius 2 is 1.88 bits per heavy atom. The fourth-order valence-electron chi connectivity index (χ4n) is 3.44. The number of methoxy groups -OCH3 is 1. The van der Waals surface area contributed by atoms with Gasteiger partial charge in [0.25, 0.3) is 5.91 Å². The van der Waals surface area contributed by atoms with Crippen molar-refractivity contribution in [3.63, 3.8) is 0 Å². The van der Waals surface area contributed by atoms with Gasteiger partial charge in [0.15, 0.2) is 4.80 Å². The second kappa shape index (κ2) is 9.84. The minimum absolute atomic E-state index is 0.135. The van der Waals surface area contributed by atoms with Gasteiger partial charge in [-0.25, -0.2) is 9.48 Å². The molecule has 0 saturated carbocycles. The Hall–Kier alpha value is -4.05. The van der Waals surface area contributed by atoms with Crippen LogP contribution in [0.4, 0.5) is 0 Å². The van der Waals surface area contributed by atoms with Crippen molar-refractivity contribution < 1.29 is 23.9 Å². The van der Waals surface area contributed by atoms with Gasteiger partial charge in [0.2, 0.25) is 0 Å². The Bertz CT molecular complexity index is 1450. The minimum atomic E-state index is -0.490. The first kappa shape index (κ1) is 23.1. The highest BCUT2D eigenvalue weighted by atomic mass is 32.1. The summed E-state index contributed by atoms with van der Waals surface area (Å²) in [6.07, 6.45) is 1.48. The molecule has 0 aliphatic heterocycles. The first-order valence-corrected chi connectivity index (χ1v) is 11.3. The lowest BCUT2D eigenvalue weighted by Crippen LogP contribution is -2.22. The zero-order valence-electron chi connectivity index (χ0n) is 18.8. The molecule has 174 valence electrons. The number of thiazole rings is 1. The average molecular weight is 479 g/mol. The monoisotopic (exact) mass is 478 g/mol. The molecule has 0 bridgehead atoms. The van der Waals surface area contributed by atoms with Crippen LogP contribution in [0.5, 0.6) is 0 Å². The number of para-hydroxylation sites is 1. The van der Waals surface area contributed by atoms with Gasteiger partial charge in [0, 0.05) is 0 Å². The maximum atomic E-state index is 13.1. The first-order valence-electron chi connectivity index (χ1n) is 10.5. The Kier molecular flexibility index (Phi) is 6.69. The lowest BCUT2D eigenvalue weighted by molar-refractivity contribution is -0.141. The summed E-state index contributed by atoms with van der Waals surface area (Å²) in [6.45, 7) is 3.65. The number of amides is 1. The molecule has 0 N–H and O–H groups in total. The number of hydrogen-bond acceptors (Lipinski definition) is 7. The van der Waals surface area contributed by atoms with Gasteiger partial charge in [-0.3, -0.25) is 9.59 Å². The fraction of sp³-hybridized carbons (Fsp3) is 0.208. The Labute approximate surface area is 198 Å². The average Bonchev–Trinajstić information content (AvgIpc) is 3.39. The van der Waals surface area contributed by atoms with Crippen molar-refractivity contribution in [2.45, 2.75) is 20.4 Å². The molecule has 2 aromatic heterocycles. The Morgan fingerprint density at radius 1 is 1.12 bits per heavy atom. The van der Waals surface area contributed by atoms with Crippen molar-refractivity contribution >= 4 is 39.4 Å². The van der Waals surface area contributed by atoms with E-state index in [4.69, 9.17) is 9.47 Å². The molecule has 0 fully saturated rings. The summed E-state index contributed by atoms with van der Waals surface area (Å²) in [4.78, 5) is 41.9. The SMILES string of the molecule is CCOC(=O)c1ccc2c(c1)sc(=NC(=O)c1cnn(-c3ccccc3)c1C)n2CC(=O)OC. The van der Waals surface area contributed by atoms with Crippen LogP contribution >= 0.6 is 11.3 Å². The summed E-state index contributed by atoms with van der Waals surface area (Å²) in [6, 6.07) is 14.4. The molecule has 0 aliphatic carbocycles. The van der Waals surface area contributed by atoms with Gasteiger partial charge in [-0.15, -0.1) is 0 Å². The zero-order chi connectivity index (χ0) is 24.2. The van der Waals surface area contributed by atoms with Crippen LogP contribution in [0, 0.1) is 6.92 Å².